The monoisotopic (exact) mass is 462 g/mol. The summed E-state index contributed by atoms with van der Waals surface area (Å²) in [6, 6.07) is 23.6. The smallest absolute Gasteiger partial charge is 0.0998 e. The molecule has 0 spiro atoms. The van der Waals surface area contributed by atoms with Crippen LogP contribution >= 0.6 is 0 Å². The summed E-state index contributed by atoms with van der Waals surface area (Å²) in [4.78, 5) is 6.89. The van der Waals surface area contributed by atoms with Gasteiger partial charge in [-0.3, -0.25) is 4.90 Å². The first-order valence-corrected chi connectivity index (χ1v) is 12.9. The molecule has 1 fully saturated rings. The summed E-state index contributed by atoms with van der Waals surface area (Å²) in [5.74, 6) is 0.852. The molecular weight excluding hydrogens is 428 g/mol. The topological polar surface area (TPSA) is 44.9 Å². The molecule has 1 heterocycles. The SMILES string of the molecule is Cn1cncc1CN(CCC1CCCCC1)Cc1ccc(C#N)c(-c2cccc3ccccc23)c1. The number of benzene rings is 3. The first kappa shape index (κ1) is 23.3. The zero-order chi connectivity index (χ0) is 24.0. The predicted molar refractivity (Wildman–Crippen MR) is 143 cm³/mol. The van der Waals surface area contributed by atoms with Gasteiger partial charge in [-0.1, -0.05) is 80.6 Å². The van der Waals surface area contributed by atoms with Crippen LogP contribution in [0, 0.1) is 17.2 Å². The van der Waals surface area contributed by atoms with Crippen molar-refractivity contribution in [1.82, 2.24) is 14.5 Å². The molecule has 1 aromatic heterocycles. The number of fused-ring (bicyclic) bond motifs is 1. The van der Waals surface area contributed by atoms with Gasteiger partial charge in [0.2, 0.25) is 0 Å². The molecule has 1 aliphatic carbocycles. The fraction of sp³-hybridized carbons (Fsp3) is 0.355. The van der Waals surface area contributed by atoms with Crippen molar-refractivity contribution in [3.63, 3.8) is 0 Å². The van der Waals surface area contributed by atoms with Crippen LogP contribution in [0.3, 0.4) is 0 Å². The van der Waals surface area contributed by atoms with Crippen molar-refractivity contribution in [2.24, 2.45) is 13.0 Å². The van der Waals surface area contributed by atoms with Crippen LogP contribution in [-0.2, 0) is 20.1 Å². The van der Waals surface area contributed by atoms with Crippen LogP contribution in [0.1, 0.15) is 55.3 Å². The van der Waals surface area contributed by atoms with E-state index in [-0.39, 0.29) is 0 Å². The Hall–Kier alpha value is -3.42. The number of nitrogens with zero attached hydrogens (tertiary/aromatic N) is 4. The summed E-state index contributed by atoms with van der Waals surface area (Å²) in [5.41, 5.74) is 5.36. The van der Waals surface area contributed by atoms with Crippen molar-refractivity contribution in [3.8, 4) is 17.2 Å². The lowest BCUT2D eigenvalue weighted by molar-refractivity contribution is 0.214. The molecular formula is C31H34N4. The highest BCUT2D eigenvalue weighted by molar-refractivity contribution is 5.97. The maximum absolute atomic E-state index is 9.88. The third kappa shape index (κ3) is 5.47. The summed E-state index contributed by atoms with van der Waals surface area (Å²) < 4.78 is 2.12. The maximum atomic E-state index is 9.88. The number of imidazole rings is 1. The summed E-state index contributed by atoms with van der Waals surface area (Å²) in [6.07, 6.45) is 12.0. The molecule has 35 heavy (non-hydrogen) atoms. The quantitative estimate of drug-likeness (QED) is 0.281. The molecule has 3 aromatic carbocycles. The number of hydrogen-bond donors (Lipinski definition) is 0. The van der Waals surface area contributed by atoms with E-state index >= 15 is 0 Å². The van der Waals surface area contributed by atoms with Gasteiger partial charge in [0.25, 0.3) is 0 Å². The van der Waals surface area contributed by atoms with E-state index in [1.54, 1.807) is 0 Å². The molecule has 178 valence electrons. The molecule has 4 aromatic rings. The Bertz CT molecular complexity index is 1320. The maximum Gasteiger partial charge on any atom is 0.0998 e. The van der Waals surface area contributed by atoms with E-state index in [0.29, 0.717) is 0 Å². The molecule has 0 saturated heterocycles. The van der Waals surface area contributed by atoms with Gasteiger partial charge in [0.05, 0.1) is 23.7 Å². The van der Waals surface area contributed by atoms with E-state index in [4.69, 9.17) is 0 Å². The zero-order valence-electron chi connectivity index (χ0n) is 20.7. The fourth-order valence-electron chi connectivity index (χ4n) is 5.55. The molecule has 0 aliphatic heterocycles. The highest BCUT2D eigenvalue weighted by Crippen LogP contribution is 2.32. The average Bonchev–Trinajstić information content (AvgIpc) is 3.31. The van der Waals surface area contributed by atoms with Gasteiger partial charge in [-0.2, -0.15) is 5.26 Å². The molecule has 0 N–H and O–H groups in total. The van der Waals surface area contributed by atoms with E-state index in [1.807, 2.05) is 18.6 Å². The standard InChI is InChI=1S/C31H34N4/c1-34-23-33-20-28(34)22-35(17-16-24-8-3-2-4-9-24)21-25-14-15-27(19-32)31(18-25)30-13-7-11-26-10-5-6-12-29(26)30/h5-7,10-15,18,20,23-24H,2-4,8-9,16-17,21-22H2,1H3. The van der Waals surface area contributed by atoms with E-state index in [1.165, 1.54) is 60.6 Å². The normalized spacial score (nSPS) is 14.4. The summed E-state index contributed by atoms with van der Waals surface area (Å²) in [6.45, 7) is 2.83. The van der Waals surface area contributed by atoms with Gasteiger partial charge in [0, 0.05) is 31.9 Å². The van der Waals surface area contributed by atoms with Crippen molar-refractivity contribution < 1.29 is 0 Å². The minimum atomic E-state index is 0.727. The van der Waals surface area contributed by atoms with Crippen LogP contribution in [0.5, 0.6) is 0 Å². The Labute approximate surface area is 208 Å². The number of aryl methyl sites for hydroxylation is 1. The lowest BCUT2D eigenvalue weighted by atomic mass is 9.87. The fourth-order valence-corrected chi connectivity index (χ4v) is 5.55. The van der Waals surface area contributed by atoms with Crippen LogP contribution < -0.4 is 0 Å². The van der Waals surface area contributed by atoms with Crippen molar-refractivity contribution in [2.45, 2.75) is 51.6 Å². The van der Waals surface area contributed by atoms with Crippen LogP contribution in [-0.4, -0.2) is 21.0 Å². The van der Waals surface area contributed by atoms with Crippen molar-refractivity contribution in [2.75, 3.05) is 6.54 Å². The first-order valence-electron chi connectivity index (χ1n) is 12.9. The van der Waals surface area contributed by atoms with Crippen LogP contribution in [0.2, 0.25) is 0 Å². The molecule has 5 rings (SSSR count). The Balaban J connectivity index is 1.43. The first-order chi connectivity index (χ1) is 17.2. The van der Waals surface area contributed by atoms with Crippen molar-refractivity contribution in [3.05, 3.63) is 90.0 Å². The number of hydrogen-bond acceptors (Lipinski definition) is 3. The van der Waals surface area contributed by atoms with E-state index in [0.717, 1.165) is 42.2 Å². The highest BCUT2D eigenvalue weighted by Gasteiger charge is 2.17. The number of rotatable bonds is 8. The van der Waals surface area contributed by atoms with Gasteiger partial charge >= 0.3 is 0 Å². The van der Waals surface area contributed by atoms with Gasteiger partial charge in [-0.25, -0.2) is 4.98 Å². The van der Waals surface area contributed by atoms with Gasteiger partial charge in [-0.05, 0) is 52.9 Å². The molecule has 0 unspecified atom stereocenters. The Morgan fingerprint density at radius 2 is 1.80 bits per heavy atom. The minimum Gasteiger partial charge on any atom is -0.337 e. The summed E-state index contributed by atoms with van der Waals surface area (Å²) in [7, 11) is 2.07. The third-order valence-electron chi connectivity index (χ3n) is 7.57. The summed E-state index contributed by atoms with van der Waals surface area (Å²) in [5, 5.41) is 12.3. The third-order valence-corrected chi connectivity index (χ3v) is 7.57. The second kappa shape index (κ2) is 10.9. The lowest BCUT2D eigenvalue weighted by Crippen LogP contribution is -2.27. The largest absolute Gasteiger partial charge is 0.337 e. The second-order valence-electron chi connectivity index (χ2n) is 10.0. The molecule has 1 aliphatic rings. The minimum absolute atomic E-state index is 0.727. The van der Waals surface area contributed by atoms with E-state index in [2.05, 4.69) is 82.2 Å². The molecule has 4 nitrogen and oxygen atoms in total. The van der Waals surface area contributed by atoms with E-state index < -0.39 is 0 Å². The zero-order valence-corrected chi connectivity index (χ0v) is 20.7. The molecule has 1 saturated carbocycles. The predicted octanol–water partition coefficient (Wildman–Crippen LogP) is 7.08. The van der Waals surface area contributed by atoms with E-state index in [9.17, 15) is 5.26 Å². The molecule has 0 bridgehead atoms. The number of nitriles is 1. The van der Waals surface area contributed by atoms with Crippen LogP contribution in [0.15, 0.2) is 73.2 Å². The Morgan fingerprint density at radius 3 is 2.60 bits per heavy atom. The molecule has 0 radical (unpaired) electrons. The van der Waals surface area contributed by atoms with Gasteiger partial charge in [-0.15, -0.1) is 0 Å². The van der Waals surface area contributed by atoms with Gasteiger partial charge in [0.1, 0.15) is 0 Å². The molecule has 0 amide bonds. The lowest BCUT2D eigenvalue weighted by Gasteiger charge is -2.27. The highest BCUT2D eigenvalue weighted by atomic mass is 15.1. The molecule has 4 heteroatoms. The molecule has 0 atom stereocenters. The van der Waals surface area contributed by atoms with Gasteiger partial charge in [0.15, 0.2) is 0 Å². The average molecular weight is 463 g/mol. The Kier molecular flexibility index (Phi) is 7.25. The van der Waals surface area contributed by atoms with Crippen molar-refractivity contribution in [1.29, 1.82) is 5.26 Å². The van der Waals surface area contributed by atoms with Crippen LogP contribution in [0.4, 0.5) is 0 Å². The second-order valence-corrected chi connectivity index (χ2v) is 10.0. The Morgan fingerprint density at radius 1 is 0.971 bits per heavy atom. The van der Waals surface area contributed by atoms with Crippen LogP contribution in [0.25, 0.3) is 21.9 Å². The summed E-state index contributed by atoms with van der Waals surface area (Å²) >= 11 is 0. The van der Waals surface area contributed by atoms with Gasteiger partial charge < -0.3 is 4.57 Å². The number of aromatic nitrogens is 2. The van der Waals surface area contributed by atoms with Crippen molar-refractivity contribution >= 4 is 10.8 Å².